The van der Waals surface area contributed by atoms with Crippen molar-refractivity contribution in [2.45, 2.75) is 6.92 Å². The van der Waals surface area contributed by atoms with E-state index in [0.29, 0.717) is 19.6 Å². The monoisotopic (exact) mass is 214 g/mol. The Balaban J connectivity index is 2.26. The van der Waals surface area contributed by atoms with Crippen molar-refractivity contribution in [1.82, 2.24) is 9.80 Å². The minimum Gasteiger partial charge on any atom is -0.481 e. The average molecular weight is 214 g/mol. The quantitative estimate of drug-likeness (QED) is 0.699. The van der Waals surface area contributed by atoms with Gasteiger partial charge < -0.3 is 10.0 Å². The van der Waals surface area contributed by atoms with Gasteiger partial charge in [-0.2, -0.15) is 0 Å². The molecule has 5 nitrogen and oxygen atoms in total. The minimum atomic E-state index is -0.751. The number of hydrogen-bond acceptors (Lipinski definition) is 3. The number of likely N-dealkylation sites (N-methyl/N-ethyl adjacent to an activating group) is 1. The third-order valence-corrected chi connectivity index (χ3v) is 2.94. The highest BCUT2D eigenvalue weighted by Gasteiger charge is 2.35. The number of carboxylic acids is 1. The van der Waals surface area contributed by atoms with Crippen molar-refractivity contribution in [3.63, 3.8) is 0 Å². The summed E-state index contributed by atoms with van der Waals surface area (Å²) in [6.45, 7) is 3.55. The summed E-state index contributed by atoms with van der Waals surface area (Å²) in [7, 11) is 3.44. The Hall–Kier alpha value is -1.10. The topological polar surface area (TPSA) is 60.9 Å². The second kappa shape index (κ2) is 4.61. The molecule has 1 rings (SSSR count). The fourth-order valence-corrected chi connectivity index (χ4v) is 1.59. The SMILES string of the molecule is CC(C(=O)O)C1CN(CC(=O)N(C)C)C1. The van der Waals surface area contributed by atoms with Crippen LogP contribution in [0, 0.1) is 11.8 Å². The Bertz CT molecular complexity index is 259. The smallest absolute Gasteiger partial charge is 0.306 e. The van der Waals surface area contributed by atoms with E-state index in [4.69, 9.17) is 5.11 Å². The highest BCUT2D eigenvalue weighted by Crippen LogP contribution is 2.23. The molecule has 5 heteroatoms. The zero-order valence-electron chi connectivity index (χ0n) is 9.43. The van der Waals surface area contributed by atoms with Crippen molar-refractivity contribution in [3.05, 3.63) is 0 Å². The lowest BCUT2D eigenvalue weighted by Gasteiger charge is -2.41. The standard InChI is InChI=1S/C10H18N2O3/c1-7(10(14)15)8-4-12(5-8)6-9(13)11(2)3/h7-8H,4-6H2,1-3H3,(H,14,15). The first-order valence-electron chi connectivity index (χ1n) is 5.07. The van der Waals surface area contributed by atoms with E-state index < -0.39 is 5.97 Å². The van der Waals surface area contributed by atoms with Gasteiger partial charge in [0.2, 0.25) is 5.91 Å². The number of carbonyl (C=O) groups is 2. The Morgan fingerprint density at radius 2 is 2.00 bits per heavy atom. The van der Waals surface area contributed by atoms with Crippen molar-refractivity contribution in [1.29, 1.82) is 0 Å². The molecule has 1 aliphatic heterocycles. The molecule has 0 spiro atoms. The summed E-state index contributed by atoms with van der Waals surface area (Å²) in [4.78, 5) is 25.5. The second-order valence-corrected chi connectivity index (χ2v) is 4.37. The van der Waals surface area contributed by atoms with E-state index in [-0.39, 0.29) is 17.7 Å². The maximum Gasteiger partial charge on any atom is 0.306 e. The molecule has 0 aromatic rings. The van der Waals surface area contributed by atoms with E-state index in [0.717, 1.165) is 0 Å². The molecule has 1 heterocycles. The van der Waals surface area contributed by atoms with Crippen LogP contribution in [0.1, 0.15) is 6.92 Å². The van der Waals surface area contributed by atoms with Crippen LogP contribution >= 0.6 is 0 Å². The normalized spacial score (nSPS) is 19.4. The molecule has 0 radical (unpaired) electrons. The molecule has 0 aliphatic carbocycles. The molecule has 15 heavy (non-hydrogen) atoms. The fourth-order valence-electron chi connectivity index (χ4n) is 1.59. The molecule has 1 saturated heterocycles. The Labute approximate surface area is 89.7 Å². The van der Waals surface area contributed by atoms with Gasteiger partial charge in [-0.15, -0.1) is 0 Å². The lowest BCUT2D eigenvalue weighted by atomic mass is 9.87. The van der Waals surface area contributed by atoms with Gasteiger partial charge in [0.1, 0.15) is 0 Å². The highest BCUT2D eigenvalue weighted by molar-refractivity contribution is 5.77. The maximum absolute atomic E-state index is 11.3. The van der Waals surface area contributed by atoms with Crippen LogP contribution < -0.4 is 0 Å². The molecule has 0 aromatic heterocycles. The number of hydrogen-bond donors (Lipinski definition) is 1. The van der Waals surface area contributed by atoms with Gasteiger partial charge in [0.25, 0.3) is 0 Å². The number of aliphatic carboxylic acids is 1. The molecule has 1 N–H and O–H groups in total. The number of nitrogens with zero attached hydrogens (tertiary/aromatic N) is 2. The van der Waals surface area contributed by atoms with Crippen molar-refractivity contribution in [3.8, 4) is 0 Å². The van der Waals surface area contributed by atoms with E-state index in [1.807, 2.05) is 4.90 Å². The van der Waals surface area contributed by atoms with Gasteiger partial charge in [0.05, 0.1) is 12.5 Å². The van der Waals surface area contributed by atoms with Gasteiger partial charge in [-0.1, -0.05) is 6.92 Å². The third kappa shape index (κ3) is 2.92. The second-order valence-electron chi connectivity index (χ2n) is 4.37. The van der Waals surface area contributed by atoms with E-state index in [9.17, 15) is 9.59 Å². The average Bonchev–Trinajstić information content (AvgIpc) is 2.08. The highest BCUT2D eigenvalue weighted by atomic mass is 16.4. The van der Waals surface area contributed by atoms with Crippen molar-refractivity contribution >= 4 is 11.9 Å². The van der Waals surface area contributed by atoms with Crippen LogP contribution in [0.5, 0.6) is 0 Å². The zero-order chi connectivity index (χ0) is 11.6. The molecule has 0 aromatic carbocycles. The Kier molecular flexibility index (Phi) is 3.68. The maximum atomic E-state index is 11.3. The molecule has 1 amide bonds. The summed E-state index contributed by atoms with van der Waals surface area (Å²) in [6, 6.07) is 0. The largest absolute Gasteiger partial charge is 0.481 e. The van der Waals surface area contributed by atoms with Crippen LogP contribution in [-0.4, -0.2) is 60.5 Å². The molecule has 1 unspecified atom stereocenters. The number of amides is 1. The first-order valence-corrected chi connectivity index (χ1v) is 5.07. The molecular weight excluding hydrogens is 196 g/mol. The van der Waals surface area contributed by atoms with Crippen LogP contribution in [0.25, 0.3) is 0 Å². The van der Waals surface area contributed by atoms with E-state index in [2.05, 4.69) is 0 Å². The summed E-state index contributed by atoms with van der Waals surface area (Å²) < 4.78 is 0. The van der Waals surface area contributed by atoms with Gasteiger partial charge in [0, 0.05) is 27.2 Å². The molecule has 1 fully saturated rings. The number of rotatable bonds is 4. The Morgan fingerprint density at radius 3 is 2.40 bits per heavy atom. The molecule has 0 saturated carbocycles. The van der Waals surface area contributed by atoms with Crippen LogP contribution in [0.4, 0.5) is 0 Å². The minimum absolute atomic E-state index is 0.0661. The molecule has 0 bridgehead atoms. The van der Waals surface area contributed by atoms with Crippen LogP contribution in [-0.2, 0) is 9.59 Å². The number of carboxylic acid groups (broad SMARTS) is 1. The van der Waals surface area contributed by atoms with Gasteiger partial charge in [0.15, 0.2) is 0 Å². The summed E-state index contributed by atoms with van der Waals surface area (Å²) in [5, 5.41) is 8.78. The molecular formula is C10H18N2O3. The van der Waals surface area contributed by atoms with Crippen LogP contribution in [0.3, 0.4) is 0 Å². The summed E-state index contributed by atoms with van der Waals surface area (Å²) in [6.07, 6.45) is 0. The van der Waals surface area contributed by atoms with Crippen molar-refractivity contribution in [2.75, 3.05) is 33.7 Å². The summed E-state index contributed by atoms with van der Waals surface area (Å²) >= 11 is 0. The Morgan fingerprint density at radius 1 is 1.47 bits per heavy atom. The molecule has 86 valence electrons. The fraction of sp³-hybridized carbons (Fsp3) is 0.800. The zero-order valence-corrected chi connectivity index (χ0v) is 9.43. The van der Waals surface area contributed by atoms with Gasteiger partial charge in [-0.3, -0.25) is 14.5 Å². The van der Waals surface area contributed by atoms with Crippen molar-refractivity contribution < 1.29 is 14.7 Å². The number of likely N-dealkylation sites (tertiary alicyclic amines) is 1. The molecule has 1 aliphatic rings. The van der Waals surface area contributed by atoms with Crippen LogP contribution in [0.15, 0.2) is 0 Å². The summed E-state index contributed by atoms with van der Waals surface area (Å²) in [5.74, 6) is -0.803. The lowest BCUT2D eigenvalue weighted by Crippen LogP contribution is -2.53. The van der Waals surface area contributed by atoms with E-state index in [1.54, 1.807) is 25.9 Å². The first kappa shape index (κ1) is 12.0. The first-order chi connectivity index (χ1) is 6.91. The predicted octanol–water partition coefficient (Wildman–Crippen LogP) is -0.273. The predicted molar refractivity (Wildman–Crippen MR) is 55.4 cm³/mol. The third-order valence-electron chi connectivity index (χ3n) is 2.94. The number of carbonyl (C=O) groups excluding carboxylic acids is 1. The van der Waals surface area contributed by atoms with Gasteiger partial charge in [-0.05, 0) is 5.92 Å². The van der Waals surface area contributed by atoms with Gasteiger partial charge in [-0.25, -0.2) is 0 Å². The lowest BCUT2D eigenvalue weighted by molar-refractivity contribution is -0.145. The summed E-state index contributed by atoms with van der Waals surface area (Å²) in [5.41, 5.74) is 0. The van der Waals surface area contributed by atoms with Crippen molar-refractivity contribution in [2.24, 2.45) is 11.8 Å². The van der Waals surface area contributed by atoms with Gasteiger partial charge >= 0.3 is 5.97 Å². The molecule has 1 atom stereocenters. The van der Waals surface area contributed by atoms with E-state index >= 15 is 0 Å². The van der Waals surface area contributed by atoms with E-state index in [1.165, 1.54) is 0 Å². The van der Waals surface area contributed by atoms with Crippen LogP contribution in [0.2, 0.25) is 0 Å².